The van der Waals surface area contributed by atoms with Crippen molar-refractivity contribution < 1.29 is 0 Å². The van der Waals surface area contributed by atoms with Gasteiger partial charge in [0.2, 0.25) is 0 Å². The third-order valence-corrected chi connectivity index (χ3v) is 0. The maximum atomic E-state index is 4.21. The summed E-state index contributed by atoms with van der Waals surface area (Å²) in [5, 5.41) is 0. The van der Waals surface area contributed by atoms with Crippen molar-refractivity contribution in [2.75, 3.05) is 0 Å². The van der Waals surface area contributed by atoms with Crippen molar-refractivity contribution in [2.45, 2.75) is 0 Å². The van der Waals surface area contributed by atoms with E-state index >= 15 is 0 Å². The molecular weight excluding hydrogens is 244 g/mol. The molecule has 0 aromatic heterocycles. The van der Waals surface area contributed by atoms with E-state index in [0.717, 1.165) is 22.4 Å². The van der Waals surface area contributed by atoms with E-state index in [9.17, 15) is 0 Å². The molecular formula is H6AlGaInS. The molecule has 4 heavy (non-hydrogen) atoms. The van der Waals surface area contributed by atoms with Crippen LogP contribution < -0.4 is 0 Å². The Labute approximate surface area is 67.5 Å². The fourth-order valence-corrected chi connectivity index (χ4v) is 0. The van der Waals surface area contributed by atoms with Gasteiger partial charge in [0.1, 0.15) is 0 Å². The second kappa shape index (κ2) is 18.7. The Bertz CT molecular complexity index is 8.00. The molecule has 0 unspecified atom stereocenters. The Morgan fingerprint density at radius 2 is 1.25 bits per heavy atom. The second-order valence-electron chi connectivity index (χ2n) is 0. The van der Waals surface area contributed by atoms with Gasteiger partial charge >= 0.3 is 51.1 Å². The average molecular weight is 250 g/mol. The van der Waals surface area contributed by atoms with E-state index in [0.29, 0.717) is 0 Å². The molecule has 4 heteroatoms. The van der Waals surface area contributed by atoms with Gasteiger partial charge in [0.25, 0.3) is 0 Å². The first-order valence-electron chi connectivity index (χ1n) is 0.236. The van der Waals surface area contributed by atoms with Gasteiger partial charge in [-0.05, 0) is 0 Å². The normalized spacial score (nSPS) is 0.750. The van der Waals surface area contributed by atoms with Crippen LogP contribution in [-0.4, -0.2) is 59.5 Å². The monoisotopic (exact) mass is 249 g/mol. The van der Waals surface area contributed by atoms with E-state index in [1.54, 1.807) is 0 Å². The summed E-state index contributed by atoms with van der Waals surface area (Å²) in [6, 6.07) is 0. The molecule has 0 amide bonds. The Morgan fingerprint density at radius 3 is 1.25 bits per heavy atom. The van der Waals surface area contributed by atoms with Gasteiger partial charge in [0.15, 0.2) is 17.4 Å². The van der Waals surface area contributed by atoms with Crippen LogP contribution in [0.3, 0.4) is 0 Å². The van der Waals surface area contributed by atoms with Crippen LogP contribution in [0.25, 0.3) is 0 Å². The number of rotatable bonds is 0. The van der Waals surface area contributed by atoms with Crippen LogP contribution in [0.1, 0.15) is 0 Å². The van der Waals surface area contributed by atoms with Crippen molar-refractivity contribution in [3.63, 3.8) is 0 Å². The molecule has 0 nitrogen and oxygen atoms in total. The third kappa shape index (κ3) is 8.86. The van der Waals surface area contributed by atoms with E-state index in [1.807, 2.05) is 0 Å². The van der Waals surface area contributed by atoms with Crippen LogP contribution in [-0.2, 0) is 0 Å². The molecule has 0 aromatic rings. The standard InChI is InChI=1S/Al.Ga.In.S.6H. The third-order valence-electron chi connectivity index (χ3n) is 0. The minimum absolute atomic E-state index is 0. The van der Waals surface area contributed by atoms with Gasteiger partial charge in [0, 0.05) is 0 Å². The average Bonchev–Trinajstić information content (AvgIpc) is 1.00. The maximum absolute atomic E-state index is 4.21. The fraction of sp³-hybridized carbons (Fsp3) is 0. The van der Waals surface area contributed by atoms with Crippen molar-refractivity contribution in [3.05, 3.63) is 0 Å². The Balaban J connectivity index is -0.00000000500. The van der Waals surface area contributed by atoms with Crippen LogP contribution in [0, 0.1) is 0 Å². The topological polar surface area (TPSA) is 0 Å². The number of hydrogen-bond donors (Lipinski definition) is 0. The molecule has 0 aliphatic heterocycles. The van der Waals surface area contributed by atoms with Crippen molar-refractivity contribution in [1.82, 2.24) is 0 Å². The molecule has 0 aromatic carbocycles. The molecule has 0 heterocycles. The molecule has 0 aliphatic carbocycles. The molecule has 0 saturated carbocycles. The molecule has 0 rings (SSSR count). The number of hydrogen-bond acceptors (Lipinski definition) is 1. The van der Waals surface area contributed by atoms with Crippen LogP contribution in [0.4, 0.5) is 0 Å². The minimum atomic E-state index is 0. The van der Waals surface area contributed by atoms with Crippen LogP contribution in [0.2, 0.25) is 0 Å². The predicted molar refractivity (Wildman–Crippen MR) is 33.2 cm³/mol. The van der Waals surface area contributed by atoms with Crippen LogP contribution in [0.5, 0.6) is 0 Å². The van der Waals surface area contributed by atoms with E-state index < -0.39 is 0 Å². The molecule has 0 atom stereocenters. The zero-order valence-electron chi connectivity index (χ0n) is 0.986. The first kappa shape index (κ1) is 16.3. The van der Waals surface area contributed by atoms with Gasteiger partial charge in [-0.3, -0.25) is 0 Å². The summed E-state index contributed by atoms with van der Waals surface area (Å²) in [6.45, 7) is 0. The van der Waals surface area contributed by atoms with Crippen molar-refractivity contribution in [1.29, 1.82) is 0 Å². The Hall–Kier alpha value is 2.26. The van der Waals surface area contributed by atoms with Gasteiger partial charge < -0.3 is 0 Å². The summed E-state index contributed by atoms with van der Waals surface area (Å²) in [7, 11) is 4.21. The fourth-order valence-electron chi connectivity index (χ4n) is 0. The van der Waals surface area contributed by atoms with E-state index in [2.05, 4.69) is 8.92 Å². The van der Waals surface area contributed by atoms with Crippen LogP contribution in [0.15, 0.2) is 0 Å². The van der Waals surface area contributed by atoms with E-state index in [-0.39, 0.29) is 37.2 Å². The summed E-state index contributed by atoms with van der Waals surface area (Å²) in [5.41, 5.74) is 0. The SMILES string of the molecule is [AlH3].[GaH3].[S]=[In]. The van der Waals surface area contributed by atoms with Crippen molar-refractivity contribution >= 4 is 68.4 Å². The molecule has 0 N–H and O–H groups in total. The van der Waals surface area contributed by atoms with Crippen molar-refractivity contribution in [2.24, 2.45) is 0 Å². The second-order valence-corrected chi connectivity index (χ2v) is 0. The van der Waals surface area contributed by atoms with E-state index in [1.165, 1.54) is 0 Å². The van der Waals surface area contributed by atoms with Gasteiger partial charge in [-0.25, -0.2) is 0 Å². The zero-order chi connectivity index (χ0) is 2.00. The predicted octanol–water partition coefficient (Wildman–Crippen LogP) is -2.10. The molecule has 0 saturated heterocycles. The van der Waals surface area contributed by atoms with Crippen LogP contribution >= 0.6 is 8.92 Å². The first-order chi connectivity index (χ1) is 1.00. The summed E-state index contributed by atoms with van der Waals surface area (Å²) < 4.78 is 0. The quantitative estimate of drug-likeness (QED) is 0.444. The summed E-state index contributed by atoms with van der Waals surface area (Å²) in [5.74, 6) is 0. The Morgan fingerprint density at radius 1 is 1.25 bits per heavy atom. The molecule has 21 valence electrons. The molecule has 0 bridgehead atoms. The first-order valence-corrected chi connectivity index (χ1v) is 4.74. The van der Waals surface area contributed by atoms with Gasteiger partial charge in [-0.1, -0.05) is 0 Å². The Kier molecular flexibility index (Phi) is 76.2. The summed E-state index contributed by atoms with van der Waals surface area (Å²) in [6.07, 6.45) is 0. The molecule has 0 spiro atoms. The summed E-state index contributed by atoms with van der Waals surface area (Å²) >= 11 is 0.933. The van der Waals surface area contributed by atoms with Gasteiger partial charge in [-0.15, -0.1) is 0 Å². The van der Waals surface area contributed by atoms with Crippen molar-refractivity contribution in [3.8, 4) is 0 Å². The summed E-state index contributed by atoms with van der Waals surface area (Å²) in [4.78, 5) is 0. The van der Waals surface area contributed by atoms with E-state index in [4.69, 9.17) is 0 Å². The zero-order valence-corrected chi connectivity index (χ0v) is 5.10. The molecule has 0 aliphatic rings. The van der Waals surface area contributed by atoms with Gasteiger partial charge in [-0.2, -0.15) is 0 Å². The van der Waals surface area contributed by atoms with Gasteiger partial charge in [0.05, 0.1) is 0 Å². The molecule has 0 fully saturated rings. The molecule has 1 radical (unpaired) electrons.